The smallest absolute Gasteiger partial charge is 0.342 e. The number of rotatable bonds is 7. The van der Waals surface area contributed by atoms with Crippen molar-refractivity contribution in [1.82, 2.24) is 14.5 Å². The van der Waals surface area contributed by atoms with Gasteiger partial charge in [0.15, 0.2) is 5.03 Å². The number of nitrogens with one attached hydrogen (secondary N) is 1. The van der Waals surface area contributed by atoms with Gasteiger partial charge in [-0.2, -0.15) is 9.40 Å². The number of hydrogen-bond acceptors (Lipinski definition) is 6. The van der Waals surface area contributed by atoms with Gasteiger partial charge in [-0.25, -0.2) is 13.2 Å². The number of carbonyl (C=O) groups is 1. The quantitative estimate of drug-likeness (QED) is 0.755. The van der Waals surface area contributed by atoms with Gasteiger partial charge < -0.3 is 9.47 Å². The topological polar surface area (TPSA) is 102 Å². The van der Waals surface area contributed by atoms with E-state index in [4.69, 9.17) is 9.47 Å². The van der Waals surface area contributed by atoms with Crippen molar-refractivity contribution in [3.05, 3.63) is 41.6 Å². The highest BCUT2D eigenvalue weighted by Crippen LogP contribution is 2.20. The number of ether oxygens (including phenoxy) is 2. The van der Waals surface area contributed by atoms with Gasteiger partial charge in [0.1, 0.15) is 11.3 Å². The lowest BCUT2D eigenvalue weighted by atomic mass is 10.2. The van der Waals surface area contributed by atoms with Crippen molar-refractivity contribution in [2.75, 3.05) is 20.8 Å². The Morgan fingerprint density at radius 1 is 1.29 bits per heavy atom. The zero-order valence-electron chi connectivity index (χ0n) is 13.6. The second-order valence-corrected chi connectivity index (χ2v) is 6.92. The summed E-state index contributed by atoms with van der Waals surface area (Å²) in [6.07, 6.45) is 1.14. The summed E-state index contributed by atoms with van der Waals surface area (Å²) in [6, 6.07) is 7.03. The first-order valence-electron chi connectivity index (χ1n) is 7.20. The fraction of sp³-hybridized carbons (Fsp3) is 0.333. The Morgan fingerprint density at radius 2 is 1.96 bits per heavy atom. The van der Waals surface area contributed by atoms with Crippen LogP contribution >= 0.6 is 0 Å². The second-order valence-electron chi connectivity index (χ2n) is 4.94. The molecule has 1 aromatic carbocycles. The van der Waals surface area contributed by atoms with E-state index in [-0.39, 0.29) is 23.7 Å². The van der Waals surface area contributed by atoms with Gasteiger partial charge in [-0.3, -0.25) is 5.10 Å². The van der Waals surface area contributed by atoms with Crippen LogP contribution in [0.5, 0.6) is 5.75 Å². The molecule has 0 aliphatic heterocycles. The second kappa shape index (κ2) is 7.45. The van der Waals surface area contributed by atoms with E-state index >= 15 is 0 Å². The van der Waals surface area contributed by atoms with Crippen molar-refractivity contribution >= 4 is 16.0 Å². The molecule has 8 nitrogen and oxygen atoms in total. The van der Waals surface area contributed by atoms with Crippen LogP contribution < -0.4 is 4.74 Å². The average Bonchev–Trinajstić information content (AvgIpc) is 3.06. The van der Waals surface area contributed by atoms with E-state index in [1.54, 1.807) is 38.3 Å². The minimum absolute atomic E-state index is 0.113. The molecule has 0 amide bonds. The van der Waals surface area contributed by atoms with Gasteiger partial charge in [-0.05, 0) is 24.6 Å². The van der Waals surface area contributed by atoms with Crippen molar-refractivity contribution in [3.8, 4) is 5.75 Å². The van der Waals surface area contributed by atoms with E-state index in [2.05, 4.69) is 10.2 Å². The number of hydrogen-bond donors (Lipinski definition) is 1. The molecule has 1 heterocycles. The molecule has 24 heavy (non-hydrogen) atoms. The molecule has 0 spiro atoms. The highest BCUT2D eigenvalue weighted by molar-refractivity contribution is 7.89. The number of nitrogens with zero attached hydrogens (tertiary/aromatic N) is 2. The molecule has 0 bridgehead atoms. The lowest BCUT2D eigenvalue weighted by Crippen LogP contribution is -2.28. The first kappa shape index (κ1) is 18.0. The summed E-state index contributed by atoms with van der Waals surface area (Å²) >= 11 is 0. The highest BCUT2D eigenvalue weighted by atomic mass is 32.2. The van der Waals surface area contributed by atoms with Crippen LogP contribution in [-0.4, -0.2) is 49.7 Å². The maximum atomic E-state index is 12.7. The fourth-order valence-corrected chi connectivity index (χ4v) is 3.27. The summed E-state index contributed by atoms with van der Waals surface area (Å²) in [7, 11) is -0.938. The Labute approximate surface area is 140 Å². The summed E-state index contributed by atoms with van der Waals surface area (Å²) < 4.78 is 36.4. The predicted molar refractivity (Wildman–Crippen MR) is 86.2 cm³/mol. The molecule has 2 aromatic rings. The zero-order chi connectivity index (χ0) is 17.7. The lowest BCUT2D eigenvalue weighted by Gasteiger charge is -2.17. The van der Waals surface area contributed by atoms with Gasteiger partial charge in [0.2, 0.25) is 0 Å². The number of sulfonamides is 1. The van der Waals surface area contributed by atoms with Crippen LogP contribution in [0.15, 0.2) is 35.5 Å². The van der Waals surface area contributed by atoms with Crippen molar-refractivity contribution in [1.29, 1.82) is 0 Å². The van der Waals surface area contributed by atoms with Crippen LogP contribution in [0.2, 0.25) is 0 Å². The Bertz CT molecular complexity index is 799. The number of carbonyl (C=O) groups excluding carboxylic acids is 1. The van der Waals surface area contributed by atoms with E-state index in [9.17, 15) is 13.2 Å². The van der Waals surface area contributed by atoms with Gasteiger partial charge in [-0.1, -0.05) is 12.1 Å². The van der Waals surface area contributed by atoms with Crippen molar-refractivity contribution in [2.24, 2.45) is 0 Å². The molecular weight excluding hydrogens is 334 g/mol. The Kier molecular flexibility index (Phi) is 5.58. The molecule has 1 N–H and O–H groups in total. The normalized spacial score (nSPS) is 11.5. The standard InChI is InChI=1S/C15H19N3O5S/c1-4-23-15(19)13-9-16-17-14(13)24(20,21)18(2)10-11-5-7-12(22-3)8-6-11/h5-9H,4,10H2,1-3H3,(H,16,17). The lowest BCUT2D eigenvalue weighted by molar-refractivity contribution is 0.0521. The summed E-state index contributed by atoms with van der Waals surface area (Å²) in [5, 5.41) is 5.74. The third-order valence-electron chi connectivity index (χ3n) is 3.33. The highest BCUT2D eigenvalue weighted by Gasteiger charge is 2.29. The van der Waals surface area contributed by atoms with Gasteiger partial charge >= 0.3 is 5.97 Å². The van der Waals surface area contributed by atoms with E-state index < -0.39 is 16.0 Å². The number of aromatic nitrogens is 2. The molecule has 2 rings (SSSR count). The maximum absolute atomic E-state index is 12.7. The predicted octanol–water partition coefficient (Wildman–Crippen LogP) is 1.42. The fourth-order valence-electron chi connectivity index (χ4n) is 2.05. The summed E-state index contributed by atoms with van der Waals surface area (Å²) in [5.74, 6) is -0.0508. The van der Waals surface area contributed by atoms with Crippen molar-refractivity contribution in [3.63, 3.8) is 0 Å². The van der Waals surface area contributed by atoms with Crippen LogP contribution in [0, 0.1) is 0 Å². The first-order chi connectivity index (χ1) is 11.4. The number of esters is 1. The molecule has 0 saturated carbocycles. The van der Waals surface area contributed by atoms with Crippen LogP contribution in [-0.2, 0) is 21.3 Å². The third kappa shape index (κ3) is 3.74. The number of H-pyrrole nitrogens is 1. The van der Waals surface area contributed by atoms with Gasteiger partial charge in [-0.15, -0.1) is 0 Å². The Balaban J connectivity index is 2.23. The molecule has 0 aliphatic carbocycles. The summed E-state index contributed by atoms with van der Waals surface area (Å²) in [4.78, 5) is 11.8. The monoisotopic (exact) mass is 353 g/mol. The molecule has 0 atom stereocenters. The first-order valence-corrected chi connectivity index (χ1v) is 8.64. The Hall–Kier alpha value is -2.39. The van der Waals surface area contributed by atoms with Crippen molar-refractivity contribution in [2.45, 2.75) is 18.5 Å². The van der Waals surface area contributed by atoms with Crippen molar-refractivity contribution < 1.29 is 22.7 Å². The van der Waals surface area contributed by atoms with Crippen LogP contribution in [0.4, 0.5) is 0 Å². The van der Waals surface area contributed by atoms with Crippen LogP contribution in [0.1, 0.15) is 22.8 Å². The molecule has 0 radical (unpaired) electrons. The number of aromatic amines is 1. The molecule has 0 fully saturated rings. The van der Waals surface area contributed by atoms with E-state index in [1.807, 2.05) is 0 Å². The average molecular weight is 353 g/mol. The Morgan fingerprint density at radius 3 is 2.54 bits per heavy atom. The molecule has 0 unspecified atom stereocenters. The van der Waals surface area contributed by atoms with Gasteiger partial charge in [0.25, 0.3) is 10.0 Å². The molecule has 0 saturated heterocycles. The molecule has 1 aromatic heterocycles. The van der Waals surface area contributed by atoms with Crippen LogP contribution in [0.25, 0.3) is 0 Å². The summed E-state index contributed by atoms with van der Waals surface area (Å²) in [5.41, 5.74) is 0.664. The SMILES string of the molecule is CCOC(=O)c1cn[nH]c1S(=O)(=O)N(C)Cc1ccc(OC)cc1. The van der Waals surface area contributed by atoms with E-state index in [0.717, 1.165) is 16.1 Å². The zero-order valence-corrected chi connectivity index (χ0v) is 14.5. The molecule has 0 aliphatic rings. The van der Waals surface area contributed by atoms with Crippen LogP contribution in [0.3, 0.4) is 0 Å². The van der Waals surface area contributed by atoms with Gasteiger partial charge in [0, 0.05) is 13.6 Å². The number of methoxy groups -OCH3 is 1. The van der Waals surface area contributed by atoms with E-state index in [1.165, 1.54) is 7.05 Å². The summed E-state index contributed by atoms with van der Waals surface area (Å²) in [6.45, 7) is 1.92. The van der Waals surface area contributed by atoms with E-state index in [0.29, 0.717) is 5.75 Å². The minimum atomic E-state index is -3.92. The molecular formula is C15H19N3O5S. The minimum Gasteiger partial charge on any atom is -0.497 e. The maximum Gasteiger partial charge on any atom is 0.342 e. The molecule has 9 heteroatoms. The van der Waals surface area contributed by atoms with Gasteiger partial charge in [0.05, 0.1) is 19.9 Å². The molecule has 130 valence electrons. The largest absolute Gasteiger partial charge is 0.497 e. The number of benzene rings is 1. The third-order valence-corrected chi connectivity index (χ3v) is 5.11.